The Bertz CT molecular complexity index is 980. The molecule has 0 aliphatic rings. The molecule has 0 amide bonds. The van der Waals surface area contributed by atoms with E-state index in [0.717, 1.165) is 28.2 Å². The van der Waals surface area contributed by atoms with Gasteiger partial charge >= 0.3 is 5.97 Å². The molecule has 0 atom stereocenters. The van der Waals surface area contributed by atoms with Crippen molar-refractivity contribution in [3.8, 4) is 0 Å². The maximum absolute atomic E-state index is 10.9. The van der Waals surface area contributed by atoms with Gasteiger partial charge < -0.3 is 15.7 Å². The van der Waals surface area contributed by atoms with E-state index in [0.29, 0.717) is 16.8 Å². The average Bonchev–Trinajstić information content (AvgIpc) is 2.58. The second kappa shape index (κ2) is 7.63. The van der Waals surface area contributed by atoms with Gasteiger partial charge in [0.25, 0.3) is 0 Å². The highest BCUT2D eigenvalue weighted by Gasteiger charge is 2.09. The number of nitrogens with zero attached hydrogens (tertiary/aromatic N) is 2. The maximum Gasteiger partial charge on any atom is 0.335 e. The Morgan fingerprint density at radius 3 is 2.33 bits per heavy atom. The van der Waals surface area contributed by atoms with Crippen molar-refractivity contribution in [1.29, 1.82) is 0 Å². The van der Waals surface area contributed by atoms with Gasteiger partial charge in [0.1, 0.15) is 5.82 Å². The van der Waals surface area contributed by atoms with Crippen molar-refractivity contribution in [2.75, 3.05) is 10.6 Å². The van der Waals surface area contributed by atoms with Crippen LogP contribution < -0.4 is 10.6 Å². The summed E-state index contributed by atoms with van der Waals surface area (Å²) in [6, 6.07) is 12.2. The Hall–Kier alpha value is -3.12. The zero-order valence-electron chi connectivity index (χ0n) is 15.2. The number of benzene rings is 2. The number of carboxylic acid groups (broad SMARTS) is 1. The van der Waals surface area contributed by atoms with E-state index in [1.165, 1.54) is 12.1 Å². The summed E-state index contributed by atoms with van der Waals surface area (Å²) >= 11 is 6.35. The lowest BCUT2D eigenvalue weighted by Crippen LogP contribution is -2.04. The number of aromatic nitrogens is 2. The normalized spacial score (nSPS) is 10.5. The SMILES string of the molecule is Cc1cc(C)c(Nc2nc(C)cc(Nc3ccc(C(=O)O)cc3)n2)c(Cl)c1. The molecule has 1 aromatic heterocycles. The van der Waals surface area contributed by atoms with E-state index >= 15 is 0 Å². The van der Waals surface area contributed by atoms with Gasteiger partial charge in [0.2, 0.25) is 5.95 Å². The van der Waals surface area contributed by atoms with Gasteiger partial charge in [0, 0.05) is 17.4 Å². The number of anilines is 4. The lowest BCUT2D eigenvalue weighted by Gasteiger charge is -2.13. The molecule has 0 aliphatic carbocycles. The third-order valence-corrected chi connectivity index (χ3v) is 4.23. The molecule has 0 unspecified atom stereocenters. The second-order valence-corrected chi connectivity index (χ2v) is 6.70. The lowest BCUT2D eigenvalue weighted by atomic mass is 10.1. The number of hydrogen-bond donors (Lipinski definition) is 3. The predicted molar refractivity (Wildman–Crippen MR) is 108 cm³/mol. The molecular weight excluding hydrogens is 364 g/mol. The highest BCUT2D eigenvalue weighted by Crippen LogP contribution is 2.30. The van der Waals surface area contributed by atoms with Crippen molar-refractivity contribution in [1.82, 2.24) is 9.97 Å². The Morgan fingerprint density at radius 2 is 1.70 bits per heavy atom. The molecule has 0 aliphatic heterocycles. The van der Waals surface area contributed by atoms with Crippen molar-refractivity contribution >= 4 is 40.7 Å². The molecule has 7 heteroatoms. The van der Waals surface area contributed by atoms with E-state index in [1.54, 1.807) is 18.2 Å². The van der Waals surface area contributed by atoms with Crippen LogP contribution in [0.1, 0.15) is 27.2 Å². The van der Waals surface area contributed by atoms with Crippen molar-refractivity contribution in [3.05, 3.63) is 69.9 Å². The van der Waals surface area contributed by atoms with Crippen LogP contribution in [0.5, 0.6) is 0 Å². The topological polar surface area (TPSA) is 87.1 Å². The quantitative estimate of drug-likeness (QED) is 0.559. The van der Waals surface area contributed by atoms with E-state index < -0.39 is 5.97 Å². The van der Waals surface area contributed by atoms with Gasteiger partial charge in [-0.25, -0.2) is 9.78 Å². The monoisotopic (exact) mass is 382 g/mol. The number of aryl methyl sites for hydroxylation is 3. The standard InChI is InChI=1S/C20H19ClN4O2/c1-11-8-12(2)18(16(21)9-11)25-20-22-13(3)10-17(24-20)23-15-6-4-14(5-7-15)19(26)27/h4-10H,1-3H3,(H,26,27)(H2,22,23,24,25). The van der Waals surface area contributed by atoms with E-state index in [9.17, 15) is 4.79 Å². The number of rotatable bonds is 5. The minimum absolute atomic E-state index is 0.228. The van der Waals surface area contributed by atoms with Crippen LogP contribution in [0.2, 0.25) is 5.02 Å². The van der Waals surface area contributed by atoms with E-state index in [-0.39, 0.29) is 5.56 Å². The Morgan fingerprint density at radius 1 is 1.00 bits per heavy atom. The van der Waals surface area contributed by atoms with E-state index in [4.69, 9.17) is 16.7 Å². The third kappa shape index (κ3) is 4.54. The molecule has 0 radical (unpaired) electrons. The van der Waals surface area contributed by atoms with Gasteiger partial charge in [-0.3, -0.25) is 0 Å². The van der Waals surface area contributed by atoms with Gasteiger partial charge in [-0.15, -0.1) is 0 Å². The molecule has 0 spiro atoms. The van der Waals surface area contributed by atoms with Crippen LogP contribution in [0.3, 0.4) is 0 Å². The molecule has 3 aromatic rings. The fraction of sp³-hybridized carbons (Fsp3) is 0.150. The number of aromatic carboxylic acids is 1. The fourth-order valence-electron chi connectivity index (χ4n) is 2.72. The molecule has 0 saturated carbocycles. The molecule has 3 rings (SSSR count). The third-order valence-electron chi connectivity index (χ3n) is 3.93. The summed E-state index contributed by atoms with van der Waals surface area (Å²) in [5.41, 5.74) is 4.59. The minimum atomic E-state index is -0.962. The molecule has 0 fully saturated rings. The van der Waals surface area contributed by atoms with Crippen LogP contribution in [0.4, 0.5) is 23.1 Å². The summed E-state index contributed by atoms with van der Waals surface area (Å²) in [5.74, 6) is 0.0544. The van der Waals surface area contributed by atoms with Gasteiger partial charge in [-0.1, -0.05) is 17.7 Å². The van der Waals surface area contributed by atoms with Gasteiger partial charge in [0.15, 0.2) is 0 Å². The molecule has 27 heavy (non-hydrogen) atoms. The first-order valence-corrected chi connectivity index (χ1v) is 8.69. The van der Waals surface area contributed by atoms with Gasteiger partial charge in [-0.2, -0.15) is 4.98 Å². The summed E-state index contributed by atoms with van der Waals surface area (Å²) in [6.07, 6.45) is 0. The molecule has 3 N–H and O–H groups in total. The van der Waals surface area contributed by atoms with Crippen molar-refractivity contribution in [2.24, 2.45) is 0 Å². The minimum Gasteiger partial charge on any atom is -0.478 e. The zero-order valence-corrected chi connectivity index (χ0v) is 15.9. The van der Waals surface area contributed by atoms with Crippen molar-refractivity contribution in [3.63, 3.8) is 0 Å². The van der Waals surface area contributed by atoms with Crippen LogP contribution in [-0.4, -0.2) is 21.0 Å². The van der Waals surface area contributed by atoms with Crippen LogP contribution >= 0.6 is 11.6 Å². The molecule has 0 saturated heterocycles. The molecule has 138 valence electrons. The molecule has 1 heterocycles. The average molecular weight is 383 g/mol. The van der Waals surface area contributed by atoms with Crippen LogP contribution in [0, 0.1) is 20.8 Å². The number of carbonyl (C=O) groups is 1. The highest BCUT2D eigenvalue weighted by molar-refractivity contribution is 6.33. The number of halogens is 1. The van der Waals surface area contributed by atoms with Gasteiger partial charge in [-0.05, 0) is 62.2 Å². The number of nitrogens with one attached hydrogen (secondary N) is 2. The Labute approximate surface area is 162 Å². The van der Waals surface area contributed by atoms with Crippen LogP contribution in [-0.2, 0) is 0 Å². The van der Waals surface area contributed by atoms with E-state index in [2.05, 4.69) is 20.6 Å². The molecule has 6 nitrogen and oxygen atoms in total. The summed E-state index contributed by atoms with van der Waals surface area (Å²) in [6.45, 7) is 5.83. The summed E-state index contributed by atoms with van der Waals surface area (Å²) in [5, 5.41) is 15.9. The fourth-order valence-corrected chi connectivity index (χ4v) is 3.09. The second-order valence-electron chi connectivity index (χ2n) is 6.29. The van der Waals surface area contributed by atoms with Gasteiger partial charge in [0.05, 0.1) is 16.3 Å². The molecular formula is C20H19ClN4O2. The Kier molecular flexibility index (Phi) is 5.28. The smallest absolute Gasteiger partial charge is 0.335 e. The maximum atomic E-state index is 10.9. The largest absolute Gasteiger partial charge is 0.478 e. The van der Waals surface area contributed by atoms with Crippen molar-refractivity contribution in [2.45, 2.75) is 20.8 Å². The summed E-state index contributed by atoms with van der Waals surface area (Å²) in [4.78, 5) is 19.8. The summed E-state index contributed by atoms with van der Waals surface area (Å²) < 4.78 is 0. The Balaban J connectivity index is 1.85. The van der Waals surface area contributed by atoms with Crippen molar-refractivity contribution < 1.29 is 9.90 Å². The first kappa shape index (κ1) is 18.7. The zero-order chi connectivity index (χ0) is 19.6. The van der Waals surface area contributed by atoms with Crippen LogP contribution in [0.25, 0.3) is 0 Å². The molecule has 0 bridgehead atoms. The van der Waals surface area contributed by atoms with Crippen LogP contribution in [0.15, 0.2) is 42.5 Å². The number of carboxylic acids is 1. The highest BCUT2D eigenvalue weighted by atomic mass is 35.5. The lowest BCUT2D eigenvalue weighted by molar-refractivity contribution is 0.0697. The predicted octanol–water partition coefficient (Wildman–Crippen LogP) is 5.24. The first-order valence-electron chi connectivity index (χ1n) is 8.31. The number of hydrogen-bond acceptors (Lipinski definition) is 5. The summed E-state index contributed by atoms with van der Waals surface area (Å²) in [7, 11) is 0. The first-order chi connectivity index (χ1) is 12.8. The van der Waals surface area contributed by atoms with E-state index in [1.807, 2.05) is 32.9 Å². The molecule has 2 aromatic carbocycles.